The molecular weight excluding hydrogens is 402 g/mol. The zero-order chi connectivity index (χ0) is 22.1. The van der Waals surface area contributed by atoms with Gasteiger partial charge in [-0.3, -0.25) is 0 Å². The van der Waals surface area contributed by atoms with Gasteiger partial charge in [0.1, 0.15) is 23.6 Å². The summed E-state index contributed by atoms with van der Waals surface area (Å²) in [6.45, 7) is 3.25. The molecule has 32 heavy (non-hydrogen) atoms. The van der Waals surface area contributed by atoms with Crippen LogP contribution >= 0.6 is 0 Å². The van der Waals surface area contributed by atoms with E-state index in [1.807, 2.05) is 24.1 Å². The number of hydrogen-bond donors (Lipinski definition) is 1. The summed E-state index contributed by atoms with van der Waals surface area (Å²) in [6.07, 6.45) is 4.15. The fraction of sp³-hybridized carbons (Fsp3) is 0.500. The Morgan fingerprint density at radius 3 is 2.88 bits per heavy atom. The Bertz CT molecular complexity index is 1120. The molecule has 3 aliphatic carbocycles. The second-order valence-corrected chi connectivity index (χ2v) is 9.66. The predicted octanol–water partition coefficient (Wildman–Crippen LogP) is 3.68. The van der Waals surface area contributed by atoms with Crippen molar-refractivity contribution < 1.29 is 14.2 Å². The van der Waals surface area contributed by atoms with Gasteiger partial charge >= 0.3 is 0 Å². The van der Waals surface area contributed by atoms with E-state index in [2.05, 4.69) is 37.3 Å². The zero-order valence-corrected chi connectivity index (χ0v) is 19.1. The molecule has 0 saturated heterocycles. The summed E-state index contributed by atoms with van der Waals surface area (Å²) in [5.74, 6) is 1.42. The van der Waals surface area contributed by atoms with Gasteiger partial charge in [-0.25, -0.2) is 4.99 Å². The number of fused-ring (bicyclic) bond motifs is 1. The molecule has 168 valence electrons. The van der Waals surface area contributed by atoms with Crippen molar-refractivity contribution in [1.82, 2.24) is 4.90 Å². The van der Waals surface area contributed by atoms with Gasteiger partial charge < -0.3 is 24.8 Å². The second kappa shape index (κ2) is 6.72. The lowest BCUT2D eigenvalue weighted by Gasteiger charge is -2.35. The predicted molar refractivity (Wildman–Crippen MR) is 124 cm³/mol. The van der Waals surface area contributed by atoms with E-state index < -0.39 is 5.54 Å². The van der Waals surface area contributed by atoms with Crippen molar-refractivity contribution in [2.45, 2.75) is 49.9 Å². The summed E-state index contributed by atoms with van der Waals surface area (Å²) in [6, 6.07) is 15.0. The van der Waals surface area contributed by atoms with Gasteiger partial charge in [0.15, 0.2) is 5.96 Å². The molecule has 0 radical (unpaired) electrons. The van der Waals surface area contributed by atoms with Crippen LogP contribution in [0.2, 0.25) is 0 Å². The monoisotopic (exact) mass is 433 g/mol. The van der Waals surface area contributed by atoms with Gasteiger partial charge in [-0.2, -0.15) is 0 Å². The standard InChI is InChI=1S/C26H31N3O3/c1-4-31-21-10-11-24-14-19-9-8-18(17-6-5-7-20(12-17)30-3)13-22(19)26(24)25(24,15-21)32-16-29(2)23(27)28-26/h5-9,12-13,21H,4,10-11,14-16H2,1-3H3,(H2,27,28)/t21-,24-,25?,26?/m0/s1. The quantitative estimate of drug-likeness (QED) is 0.797. The summed E-state index contributed by atoms with van der Waals surface area (Å²) >= 11 is 0. The van der Waals surface area contributed by atoms with E-state index in [1.54, 1.807) is 7.11 Å². The highest BCUT2D eigenvalue weighted by Gasteiger charge is 2.93. The van der Waals surface area contributed by atoms with Crippen LogP contribution in [0.4, 0.5) is 0 Å². The second-order valence-electron chi connectivity index (χ2n) is 9.66. The van der Waals surface area contributed by atoms with Crippen LogP contribution in [0, 0.1) is 5.41 Å². The Morgan fingerprint density at radius 2 is 2.06 bits per heavy atom. The first kappa shape index (κ1) is 20.1. The number of guanidine groups is 1. The minimum absolute atomic E-state index is 0.0329. The average molecular weight is 434 g/mol. The normalized spacial score (nSPS) is 34.5. The maximum absolute atomic E-state index is 6.75. The number of nitrogens with two attached hydrogens (primary N) is 1. The third-order valence-corrected chi connectivity index (χ3v) is 8.37. The van der Waals surface area contributed by atoms with Gasteiger partial charge in [0.2, 0.25) is 0 Å². The molecule has 2 fully saturated rings. The smallest absolute Gasteiger partial charge is 0.193 e. The largest absolute Gasteiger partial charge is 0.497 e. The fourth-order valence-electron chi connectivity index (χ4n) is 6.95. The third-order valence-electron chi connectivity index (χ3n) is 8.37. The van der Waals surface area contributed by atoms with Crippen LogP contribution in [0.1, 0.15) is 37.3 Å². The van der Waals surface area contributed by atoms with E-state index in [0.29, 0.717) is 12.7 Å². The Hall–Kier alpha value is -2.57. The maximum Gasteiger partial charge on any atom is 0.193 e. The lowest BCUT2D eigenvalue weighted by atomic mass is 9.80. The van der Waals surface area contributed by atoms with Crippen LogP contribution in [-0.4, -0.2) is 50.1 Å². The minimum Gasteiger partial charge on any atom is -0.497 e. The Labute approximate surface area is 189 Å². The third kappa shape index (κ3) is 2.29. The lowest BCUT2D eigenvalue weighted by Crippen LogP contribution is -2.41. The molecule has 1 aliphatic heterocycles. The first-order chi connectivity index (χ1) is 15.5. The van der Waals surface area contributed by atoms with E-state index in [0.717, 1.165) is 43.6 Å². The van der Waals surface area contributed by atoms with Gasteiger partial charge in [-0.15, -0.1) is 0 Å². The number of benzene rings is 2. The molecular formula is C26H31N3O3. The summed E-state index contributed by atoms with van der Waals surface area (Å²) in [5.41, 5.74) is 10.6. The molecule has 4 aliphatic rings. The molecule has 2 saturated carbocycles. The highest BCUT2D eigenvalue weighted by atomic mass is 16.5. The molecule has 4 atom stereocenters. The molecule has 6 rings (SSSR count). The van der Waals surface area contributed by atoms with Crippen molar-refractivity contribution in [2.75, 3.05) is 27.5 Å². The highest BCUT2D eigenvalue weighted by Crippen LogP contribution is 2.85. The van der Waals surface area contributed by atoms with Gasteiger partial charge in [0.25, 0.3) is 0 Å². The Morgan fingerprint density at radius 1 is 1.22 bits per heavy atom. The number of hydrogen-bond acceptors (Lipinski definition) is 6. The maximum atomic E-state index is 6.75. The van der Waals surface area contributed by atoms with E-state index in [9.17, 15) is 0 Å². The van der Waals surface area contributed by atoms with Crippen LogP contribution in [0.5, 0.6) is 5.75 Å². The van der Waals surface area contributed by atoms with Gasteiger partial charge in [-0.1, -0.05) is 24.3 Å². The molecule has 0 bridgehead atoms. The van der Waals surface area contributed by atoms with Crippen LogP contribution in [0.15, 0.2) is 47.5 Å². The van der Waals surface area contributed by atoms with Crippen molar-refractivity contribution in [3.05, 3.63) is 53.6 Å². The topological polar surface area (TPSA) is 69.3 Å². The first-order valence-corrected chi connectivity index (χ1v) is 11.6. The van der Waals surface area contributed by atoms with Crippen molar-refractivity contribution in [1.29, 1.82) is 0 Å². The molecule has 0 amide bonds. The number of rotatable bonds is 4. The summed E-state index contributed by atoms with van der Waals surface area (Å²) < 4.78 is 18.3. The van der Waals surface area contributed by atoms with E-state index in [-0.39, 0.29) is 17.1 Å². The van der Waals surface area contributed by atoms with Crippen LogP contribution in [0.3, 0.4) is 0 Å². The van der Waals surface area contributed by atoms with Crippen LogP contribution in [0.25, 0.3) is 11.1 Å². The van der Waals surface area contributed by atoms with Gasteiger partial charge in [-0.05, 0) is 66.6 Å². The van der Waals surface area contributed by atoms with E-state index in [4.69, 9.17) is 24.9 Å². The van der Waals surface area contributed by atoms with Crippen molar-refractivity contribution in [2.24, 2.45) is 16.1 Å². The van der Waals surface area contributed by atoms with Crippen LogP contribution < -0.4 is 10.5 Å². The fourth-order valence-corrected chi connectivity index (χ4v) is 6.95. The average Bonchev–Trinajstić information content (AvgIpc) is 3.21. The Kier molecular flexibility index (Phi) is 4.21. The molecule has 6 nitrogen and oxygen atoms in total. The summed E-state index contributed by atoms with van der Waals surface area (Å²) in [7, 11) is 3.65. The number of nitrogens with zero attached hydrogens (tertiary/aromatic N) is 2. The molecule has 2 aromatic carbocycles. The SMILES string of the molecule is CCO[C@H]1CC[C@@]23Cc4ccc(-c5cccc(OC)c5)cc4C24N=C(N)N(C)COC43C1. The van der Waals surface area contributed by atoms with Gasteiger partial charge in [0.05, 0.1) is 13.2 Å². The Balaban J connectivity index is 1.51. The molecule has 2 unspecified atom stereocenters. The van der Waals surface area contributed by atoms with E-state index in [1.165, 1.54) is 16.7 Å². The van der Waals surface area contributed by atoms with E-state index >= 15 is 0 Å². The molecule has 0 aromatic heterocycles. The molecule has 1 heterocycles. The molecule has 2 N–H and O–H groups in total. The van der Waals surface area contributed by atoms with Gasteiger partial charge in [0, 0.05) is 25.5 Å². The summed E-state index contributed by atoms with van der Waals surface area (Å²) in [5, 5.41) is 0. The van der Waals surface area contributed by atoms with Crippen molar-refractivity contribution in [3.63, 3.8) is 0 Å². The molecule has 2 aromatic rings. The summed E-state index contributed by atoms with van der Waals surface area (Å²) in [4.78, 5) is 7.18. The lowest BCUT2D eigenvalue weighted by molar-refractivity contribution is -0.0952. The first-order valence-electron chi connectivity index (χ1n) is 11.6. The zero-order valence-electron chi connectivity index (χ0n) is 19.1. The number of aliphatic imine (C=N–C) groups is 1. The highest BCUT2D eigenvalue weighted by molar-refractivity contribution is 5.81. The molecule has 3 spiro atoms. The molecule has 6 heteroatoms. The minimum atomic E-state index is -0.440. The van der Waals surface area contributed by atoms with Crippen molar-refractivity contribution in [3.8, 4) is 16.9 Å². The number of ether oxygens (including phenoxy) is 3. The van der Waals surface area contributed by atoms with Crippen LogP contribution in [-0.2, 0) is 21.4 Å². The number of methoxy groups -OCH3 is 1. The van der Waals surface area contributed by atoms with Crippen molar-refractivity contribution >= 4 is 5.96 Å².